The molecular formula is C13H15NO. The number of hydrogen-bond acceptors (Lipinski definition) is 2. The normalized spacial score (nSPS) is 17.8. The fraction of sp³-hybridized carbons (Fsp3) is 0.462. The molecule has 0 aromatic heterocycles. The van der Waals surface area contributed by atoms with Crippen LogP contribution in [0.4, 0.5) is 0 Å². The molecule has 0 spiro atoms. The molecule has 1 aliphatic rings. The summed E-state index contributed by atoms with van der Waals surface area (Å²) in [5, 5.41) is 9.00. The van der Waals surface area contributed by atoms with Crippen LogP contribution in [0.5, 0.6) is 0 Å². The molecule has 2 rings (SSSR count). The summed E-state index contributed by atoms with van der Waals surface area (Å²) < 4.78 is 5.60. The highest BCUT2D eigenvalue weighted by Crippen LogP contribution is 2.40. The van der Waals surface area contributed by atoms with E-state index in [1.54, 1.807) is 0 Å². The molecule has 1 fully saturated rings. The fourth-order valence-corrected chi connectivity index (χ4v) is 1.83. The van der Waals surface area contributed by atoms with Crippen LogP contribution >= 0.6 is 0 Å². The summed E-state index contributed by atoms with van der Waals surface area (Å²) in [7, 11) is 0. The van der Waals surface area contributed by atoms with Gasteiger partial charge < -0.3 is 4.74 Å². The summed E-state index contributed by atoms with van der Waals surface area (Å²) in [5.74, 6) is 0. The molecule has 15 heavy (non-hydrogen) atoms. The van der Waals surface area contributed by atoms with E-state index in [4.69, 9.17) is 10.00 Å². The number of rotatable bonds is 4. The average Bonchev–Trinajstić information content (AvgIpc) is 2.24. The topological polar surface area (TPSA) is 33.0 Å². The number of nitrogens with zero attached hydrogens (tertiary/aromatic N) is 1. The summed E-state index contributed by atoms with van der Waals surface area (Å²) >= 11 is 0. The van der Waals surface area contributed by atoms with Crippen LogP contribution in [0.25, 0.3) is 0 Å². The quantitative estimate of drug-likeness (QED) is 0.750. The van der Waals surface area contributed by atoms with Gasteiger partial charge in [0.05, 0.1) is 24.7 Å². The van der Waals surface area contributed by atoms with Crippen molar-refractivity contribution in [3.05, 3.63) is 35.9 Å². The largest absolute Gasteiger partial charge is 0.375 e. The van der Waals surface area contributed by atoms with E-state index < -0.39 is 0 Å². The van der Waals surface area contributed by atoms with Gasteiger partial charge in [0.25, 0.3) is 0 Å². The zero-order valence-electron chi connectivity index (χ0n) is 8.78. The molecule has 0 atom stereocenters. The lowest BCUT2D eigenvalue weighted by Crippen LogP contribution is -2.32. The van der Waals surface area contributed by atoms with Crippen LogP contribution < -0.4 is 0 Å². The maximum absolute atomic E-state index is 9.00. The van der Waals surface area contributed by atoms with E-state index in [2.05, 4.69) is 6.07 Å². The van der Waals surface area contributed by atoms with E-state index in [0.29, 0.717) is 13.2 Å². The van der Waals surface area contributed by atoms with Gasteiger partial charge in [-0.2, -0.15) is 5.26 Å². The van der Waals surface area contributed by atoms with Crippen molar-refractivity contribution in [3.63, 3.8) is 0 Å². The van der Waals surface area contributed by atoms with Crippen LogP contribution in [-0.2, 0) is 11.3 Å². The Morgan fingerprint density at radius 1 is 1.27 bits per heavy atom. The molecule has 1 aromatic rings. The highest BCUT2D eigenvalue weighted by atomic mass is 16.5. The Bertz CT molecular complexity index is 349. The van der Waals surface area contributed by atoms with Gasteiger partial charge >= 0.3 is 0 Å². The molecule has 0 radical (unpaired) electrons. The summed E-state index contributed by atoms with van der Waals surface area (Å²) in [6.07, 6.45) is 3.17. The van der Waals surface area contributed by atoms with Crippen LogP contribution in [0.3, 0.4) is 0 Å². The molecule has 1 saturated carbocycles. The minimum absolute atomic E-state index is 0.172. The van der Waals surface area contributed by atoms with E-state index >= 15 is 0 Å². The third kappa shape index (κ3) is 2.37. The zero-order chi connectivity index (χ0) is 10.6. The maximum Gasteiger partial charge on any atom is 0.0807 e. The third-order valence-corrected chi connectivity index (χ3v) is 3.04. The minimum atomic E-state index is -0.172. The minimum Gasteiger partial charge on any atom is -0.375 e. The molecule has 0 unspecified atom stereocenters. The Kier molecular flexibility index (Phi) is 3.03. The second-order valence-electron chi connectivity index (χ2n) is 4.22. The fourth-order valence-electron chi connectivity index (χ4n) is 1.83. The van der Waals surface area contributed by atoms with Crippen LogP contribution in [0, 0.1) is 16.7 Å². The Labute approximate surface area is 90.5 Å². The molecule has 0 amide bonds. The predicted octanol–water partition coefficient (Wildman–Crippen LogP) is 2.90. The van der Waals surface area contributed by atoms with E-state index in [-0.39, 0.29) is 5.41 Å². The maximum atomic E-state index is 9.00. The third-order valence-electron chi connectivity index (χ3n) is 3.04. The summed E-state index contributed by atoms with van der Waals surface area (Å²) in [6.45, 7) is 1.20. The van der Waals surface area contributed by atoms with Gasteiger partial charge in [-0.15, -0.1) is 0 Å². The lowest BCUT2D eigenvalue weighted by molar-refractivity contribution is 0.0219. The molecule has 0 aliphatic heterocycles. The first-order chi connectivity index (χ1) is 7.35. The van der Waals surface area contributed by atoms with Crippen molar-refractivity contribution in [1.29, 1.82) is 5.26 Å². The number of ether oxygens (including phenoxy) is 1. The molecule has 0 bridgehead atoms. The van der Waals surface area contributed by atoms with E-state index in [0.717, 1.165) is 12.8 Å². The van der Waals surface area contributed by atoms with Gasteiger partial charge in [-0.05, 0) is 18.4 Å². The SMILES string of the molecule is N#CC1(COCc2ccccc2)CCC1. The van der Waals surface area contributed by atoms with Crippen LogP contribution in [0.2, 0.25) is 0 Å². The molecule has 0 saturated heterocycles. The van der Waals surface area contributed by atoms with Gasteiger partial charge in [-0.1, -0.05) is 36.8 Å². The van der Waals surface area contributed by atoms with Crippen molar-refractivity contribution in [1.82, 2.24) is 0 Å². The van der Waals surface area contributed by atoms with Gasteiger partial charge in [0.2, 0.25) is 0 Å². The van der Waals surface area contributed by atoms with Crippen molar-refractivity contribution in [2.75, 3.05) is 6.61 Å². The molecular weight excluding hydrogens is 186 g/mol. The summed E-state index contributed by atoms with van der Waals surface area (Å²) in [5.41, 5.74) is 0.999. The van der Waals surface area contributed by atoms with Crippen LogP contribution in [0.1, 0.15) is 24.8 Å². The van der Waals surface area contributed by atoms with E-state index in [1.807, 2.05) is 30.3 Å². The van der Waals surface area contributed by atoms with Crippen LogP contribution in [-0.4, -0.2) is 6.61 Å². The van der Waals surface area contributed by atoms with Gasteiger partial charge in [0, 0.05) is 0 Å². The molecule has 2 heteroatoms. The highest BCUT2D eigenvalue weighted by molar-refractivity contribution is 5.13. The van der Waals surface area contributed by atoms with Gasteiger partial charge in [0.1, 0.15) is 0 Å². The first kappa shape index (κ1) is 10.2. The standard InChI is InChI=1S/C13H15NO/c14-10-13(7-4-8-13)11-15-9-12-5-2-1-3-6-12/h1-3,5-6H,4,7-9,11H2. The van der Waals surface area contributed by atoms with Gasteiger partial charge in [-0.25, -0.2) is 0 Å². The smallest absolute Gasteiger partial charge is 0.0807 e. The van der Waals surface area contributed by atoms with Gasteiger partial charge in [-0.3, -0.25) is 0 Å². The van der Waals surface area contributed by atoms with Gasteiger partial charge in [0.15, 0.2) is 0 Å². The second-order valence-corrected chi connectivity index (χ2v) is 4.22. The van der Waals surface area contributed by atoms with Crippen molar-refractivity contribution in [3.8, 4) is 6.07 Å². The highest BCUT2D eigenvalue weighted by Gasteiger charge is 2.37. The molecule has 2 nitrogen and oxygen atoms in total. The first-order valence-electron chi connectivity index (χ1n) is 5.38. The van der Waals surface area contributed by atoms with Crippen molar-refractivity contribution in [2.24, 2.45) is 5.41 Å². The Hall–Kier alpha value is -1.33. The van der Waals surface area contributed by atoms with Crippen molar-refractivity contribution >= 4 is 0 Å². The molecule has 0 N–H and O–H groups in total. The zero-order valence-corrected chi connectivity index (χ0v) is 8.78. The number of benzene rings is 1. The second kappa shape index (κ2) is 4.46. The Morgan fingerprint density at radius 2 is 2.00 bits per heavy atom. The Morgan fingerprint density at radius 3 is 2.53 bits per heavy atom. The van der Waals surface area contributed by atoms with Crippen molar-refractivity contribution in [2.45, 2.75) is 25.9 Å². The molecule has 78 valence electrons. The lowest BCUT2D eigenvalue weighted by Gasteiger charge is -2.34. The van der Waals surface area contributed by atoms with Crippen LogP contribution in [0.15, 0.2) is 30.3 Å². The van der Waals surface area contributed by atoms with E-state index in [9.17, 15) is 0 Å². The van der Waals surface area contributed by atoms with Crippen molar-refractivity contribution < 1.29 is 4.74 Å². The lowest BCUT2D eigenvalue weighted by atomic mass is 9.71. The average molecular weight is 201 g/mol. The molecule has 1 aromatic carbocycles. The molecule has 0 heterocycles. The summed E-state index contributed by atoms with van der Waals surface area (Å²) in [4.78, 5) is 0. The Balaban J connectivity index is 1.78. The first-order valence-corrected chi connectivity index (χ1v) is 5.38. The number of hydrogen-bond donors (Lipinski definition) is 0. The predicted molar refractivity (Wildman–Crippen MR) is 58.0 cm³/mol. The summed E-state index contributed by atoms with van der Waals surface area (Å²) in [6, 6.07) is 12.5. The van der Waals surface area contributed by atoms with E-state index in [1.165, 1.54) is 12.0 Å². The monoisotopic (exact) mass is 201 g/mol. The number of nitriles is 1. The molecule has 1 aliphatic carbocycles.